The predicted molar refractivity (Wildman–Crippen MR) is 169 cm³/mol. The van der Waals surface area contributed by atoms with Crippen molar-refractivity contribution in [3.05, 3.63) is 72.1 Å². The van der Waals surface area contributed by atoms with Crippen molar-refractivity contribution in [3.8, 4) is 11.5 Å². The smallest absolute Gasteiger partial charge is 0.316 e. The quantitative estimate of drug-likeness (QED) is 0.126. The van der Waals surface area contributed by atoms with Gasteiger partial charge in [-0.2, -0.15) is 0 Å². The Morgan fingerprint density at radius 3 is 1.56 bits per heavy atom. The van der Waals surface area contributed by atoms with Gasteiger partial charge in [0, 0.05) is 17.6 Å². The Bertz CT molecular complexity index is 1330. The summed E-state index contributed by atoms with van der Waals surface area (Å²) in [6, 6.07) is 15.5. The van der Waals surface area contributed by atoms with Crippen molar-refractivity contribution in [1.29, 1.82) is 0 Å². The fourth-order valence-corrected chi connectivity index (χ4v) is 10.3. The first kappa shape index (κ1) is 31.9. The normalized spacial score (nSPS) is 12.7. The van der Waals surface area contributed by atoms with Gasteiger partial charge in [0.2, 0.25) is 0 Å². The van der Waals surface area contributed by atoms with Crippen molar-refractivity contribution in [3.63, 3.8) is 0 Å². The third-order valence-electron chi connectivity index (χ3n) is 7.16. The Morgan fingerprint density at radius 1 is 0.707 bits per heavy atom. The van der Waals surface area contributed by atoms with Crippen molar-refractivity contribution in [2.24, 2.45) is 10.8 Å². The summed E-state index contributed by atoms with van der Waals surface area (Å²) >= 11 is 0. The van der Waals surface area contributed by atoms with Crippen LogP contribution in [0.25, 0.3) is 12.2 Å². The van der Waals surface area contributed by atoms with Crippen molar-refractivity contribution in [2.75, 3.05) is 0 Å². The van der Waals surface area contributed by atoms with Crippen LogP contribution in [0.3, 0.4) is 0 Å². The molecule has 0 radical (unpaired) electrons. The fourth-order valence-electron chi connectivity index (χ4n) is 4.92. The van der Waals surface area contributed by atoms with E-state index in [1.165, 1.54) is 0 Å². The minimum absolute atomic E-state index is 0.0785. The van der Waals surface area contributed by atoms with Crippen LogP contribution in [-0.2, 0) is 9.59 Å². The molecule has 1 aromatic heterocycles. The average Bonchev–Trinajstić information content (AvgIpc) is 2.89. The van der Waals surface area contributed by atoms with Gasteiger partial charge >= 0.3 is 11.9 Å². The molecule has 0 amide bonds. The summed E-state index contributed by atoms with van der Waals surface area (Å²) in [5.41, 5.74) is 1.12. The van der Waals surface area contributed by atoms with Gasteiger partial charge in [0.1, 0.15) is 16.9 Å². The number of carbonyl (C=O) groups excluding carboxylic acids is 2. The highest BCUT2D eigenvalue weighted by Gasteiger charge is 2.51. The topological polar surface area (TPSA) is 78.4 Å². The average molecular weight is 573 g/mol. The monoisotopic (exact) mass is 572 g/mol. The number of nitrogens with zero attached hydrogens (tertiary/aromatic N) is 2. The first-order valence-corrected chi connectivity index (χ1v) is 16.4. The summed E-state index contributed by atoms with van der Waals surface area (Å²) in [6.07, 6.45) is 7.41. The molecule has 0 saturated carbocycles. The molecule has 0 fully saturated rings. The minimum Gasteiger partial charge on any atom is -0.426 e. The molecule has 0 atom stereocenters. The number of esters is 2. The summed E-state index contributed by atoms with van der Waals surface area (Å²) in [6.45, 7) is 19.5. The Labute approximate surface area is 246 Å². The molecule has 0 aliphatic rings. The van der Waals surface area contributed by atoms with E-state index in [9.17, 15) is 9.59 Å². The number of aromatic nitrogens is 2. The molecule has 6 nitrogen and oxygen atoms in total. The molecule has 0 spiro atoms. The Balaban J connectivity index is 2.45. The van der Waals surface area contributed by atoms with Gasteiger partial charge in [-0.25, -0.2) is 9.97 Å². The summed E-state index contributed by atoms with van der Waals surface area (Å²) in [5, 5.41) is 0.723. The molecule has 1 heterocycles. The first-order chi connectivity index (χ1) is 19.1. The van der Waals surface area contributed by atoms with E-state index in [4.69, 9.17) is 19.4 Å². The number of hydrogen-bond acceptors (Lipinski definition) is 6. The van der Waals surface area contributed by atoms with Gasteiger partial charge in [-0.3, -0.25) is 9.59 Å². The third kappa shape index (κ3) is 7.20. The van der Waals surface area contributed by atoms with Gasteiger partial charge in [-0.1, -0.05) is 70.2 Å². The summed E-state index contributed by atoms with van der Waals surface area (Å²) in [5.74, 6) is 0.0255. The predicted octanol–water partition coefficient (Wildman–Crippen LogP) is 6.93. The molecule has 3 aromatic rings. The van der Waals surface area contributed by atoms with Crippen LogP contribution in [0.2, 0.25) is 11.1 Å². The summed E-state index contributed by atoms with van der Waals surface area (Å²) < 4.78 is 12.5. The fraction of sp³-hybridized carbons (Fsp3) is 0.412. The second kappa shape index (κ2) is 12.5. The van der Waals surface area contributed by atoms with Crippen LogP contribution in [0.4, 0.5) is 0 Å². The van der Waals surface area contributed by atoms with Gasteiger partial charge in [0.25, 0.3) is 0 Å². The molecule has 0 unspecified atom stereocenters. The van der Waals surface area contributed by atoms with Gasteiger partial charge in [0.05, 0.1) is 10.8 Å². The lowest BCUT2D eigenvalue weighted by Gasteiger charge is -2.40. The van der Waals surface area contributed by atoms with Crippen LogP contribution < -0.4 is 20.1 Å². The van der Waals surface area contributed by atoms with Crippen LogP contribution in [0.1, 0.15) is 80.4 Å². The first-order valence-electron chi connectivity index (χ1n) is 14.2. The van der Waals surface area contributed by atoms with E-state index >= 15 is 0 Å². The van der Waals surface area contributed by atoms with Gasteiger partial charge in [-0.15, -0.1) is 0 Å². The van der Waals surface area contributed by atoms with E-state index in [1.54, 1.807) is 18.5 Å². The lowest BCUT2D eigenvalue weighted by Crippen LogP contribution is -2.65. The van der Waals surface area contributed by atoms with E-state index in [-0.39, 0.29) is 23.0 Å². The Morgan fingerprint density at radius 2 is 1.15 bits per heavy atom. The molecule has 0 aliphatic carbocycles. The van der Waals surface area contributed by atoms with Crippen LogP contribution in [-0.4, -0.2) is 30.0 Å². The van der Waals surface area contributed by atoms with Crippen molar-refractivity contribution in [1.82, 2.24) is 9.97 Å². The molecule has 0 aliphatic heterocycles. The van der Waals surface area contributed by atoms with E-state index in [2.05, 4.69) is 27.7 Å². The molecular formula is C34H44N2O4Si. The van der Waals surface area contributed by atoms with Crippen LogP contribution in [0, 0.1) is 10.8 Å². The zero-order chi connectivity index (χ0) is 30.6. The maximum Gasteiger partial charge on any atom is 0.316 e. The maximum absolute atomic E-state index is 13.4. The number of carbonyl (C=O) groups is 2. The highest BCUT2D eigenvalue weighted by molar-refractivity contribution is 7.04. The molecule has 218 valence electrons. The highest BCUT2D eigenvalue weighted by Crippen LogP contribution is 2.39. The molecule has 7 heteroatoms. The molecule has 2 aromatic carbocycles. The highest BCUT2D eigenvalue weighted by atomic mass is 28.3. The van der Waals surface area contributed by atoms with Crippen LogP contribution in [0.5, 0.6) is 11.5 Å². The summed E-state index contributed by atoms with van der Waals surface area (Å²) in [7, 11) is -2.95. The van der Waals surface area contributed by atoms with Gasteiger partial charge in [-0.05, 0) is 82.0 Å². The van der Waals surface area contributed by atoms with Gasteiger partial charge < -0.3 is 9.47 Å². The van der Waals surface area contributed by atoms with Crippen LogP contribution >= 0.6 is 0 Å². The molecule has 0 N–H and O–H groups in total. The number of hydrogen-bond donors (Lipinski definition) is 0. The lowest BCUT2D eigenvalue weighted by molar-refractivity contribution is -0.143. The second-order valence-electron chi connectivity index (χ2n) is 13.2. The Hall–Kier alpha value is -3.58. The second-order valence-corrected chi connectivity index (χ2v) is 18.2. The van der Waals surface area contributed by atoms with Crippen LogP contribution in [0.15, 0.2) is 60.9 Å². The summed E-state index contributed by atoms with van der Waals surface area (Å²) in [4.78, 5) is 36.3. The maximum atomic E-state index is 13.4. The Kier molecular flexibility index (Phi) is 9.75. The standard InChI is InChI=1S/C34H44N2O4Si/c1-23(2)41(24(3)4,32-35-19-14-20-36-32)29-27(39-30(37)33(5,6)7)21-26(18-17-25-15-12-11-13-16-25)22-28(29)40-31(38)34(8,9)10/h11-24H,1-10H3/b18-17+. The molecule has 0 bridgehead atoms. The van der Waals surface area contributed by atoms with E-state index in [0.717, 1.165) is 16.3 Å². The van der Waals surface area contributed by atoms with E-state index in [1.807, 2.05) is 96.2 Å². The molecule has 41 heavy (non-hydrogen) atoms. The van der Waals surface area contributed by atoms with E-state index < -0.39 is 18.9 Å². The zero-order valence-electron chi connectivity index (χ0n) is 26.1. The van der Waals surface area contributed by atoms with Crippen molar-refractivity contribution >= 4 is 42.8 Å². The largest absolute Gasteiger partial charge is 0.426 e. The zero-order valence-corrected chi connectivity index (χ0v) is 27.1. The number of ether oxygens (including phenoxy) is 2. The van der Waals surface area contributed by atoms with Gasteiger partial charge in [0.15, 0.2) is 8.07 Å². The third-order valence-corrected chi connectivity index (χ3v) is 13.1. The van der Waals surface area contributed by atoms with E-state index in [0.29, 0.717) is 16.9 Å². The lowest BCUT2D eigenvalue weighted by atomic mass is 9.97. The molecule has 0 saturated heterocycles. The number of benzene rings is 2. The van der Waals surface area contributed by atoms with Crippen molar-refractivity contribution in [2.45, 2.75) is 80.3 Å². The van der Waals surface area contributed by atoms with Crippen molar-refractivity contribution < 1.29 is 19.1 Å². The minimum atomic E-state index is -2.95. The number of rotatable bonds is 8. The molecular weight excluding hydrogens is 528 g/mol. The molecule has 3 rings (SSSR count). The SMILES string of the molecule is CC(C)[Si](c1ncccn1)(c1c(OC(=O)C(C)(C)C)cc(/C=C/c2ccccc2)cc1OC(=O)C(C)(C)C)C(C)C.